The smallest absolute Gasteiger partial charge is 0.265 e. The Balaban J connectivity index is 1.95. The molecule has 0 unspecified atom stereocenters. The number of nitrogens with one attached hydrogen (secondary N) is 1. The van der Waals surface area contributed by atoms with Crippen molar-refractivity contribution in [3.8, 4) is 5.75 Å². The van der Waals surface area contributed by atoms with Gasteiger partial charge in [0.15, 0.2) is 6.61 Å². The molecule has 0 saturated carbocycles. The fourth-order valence-corrected chi connectivity index (χ4v) is 2.01. The largest absolute Gasteiger partial charge is 0.484 e. The predicted molar refractivity (Wildman–Crippen MR) is 73.4 cm³/mol. The van der Waals surface area contributed by atoms with Crippen molar-refractivity contribution in [2.45, 2.75) is 0 Å². The van der Waals surface area contributed by atoms with Gasteiger partial charge in [-0.2, -0.15) is 0 Å². The van der Waals surface area contributed by atoms with E-state index >= 15 is 0 Å². The molecular formula is C13H12N2O3S. The second-order valence-corrected chi connectivity index (χ2v) is 4.66. The van der Waals surface area contributed by atoms with E-state index in [0.29, 0.717) is 16.3 Å². The molecule has 98 valence electrons. The van der Waals surface area contributed by atoms with Crippen LogP contribution >= 0.6 is 11.3 Å². The Morgan fingerprint density at radius 3 is 2.53 bits per heavy atom. The number of nitrogens with two attached hydrogens (primary N) is 1. The third-order valence-electron chi connectivity index (χ3n) is 2.24. The first-order valence-corrected chi connectivity index (χ1v) is 6.39. The normalized spacial score (nSPS) is 9.89. The van der Waals surface area contributed by atoms with Gasteiger partial charge in [-0.05, 0) is 35.7 Å². The van der Waals surface area contributed by atoms with Crippen molar-refractivity contribution in [2.75, 3.05) is 11.9 Å². The summed E-state index contributed by atoms with van der Waals surface area (Å²) >= 11 is 1.38. The number of benzene rings is 1. The summed E-state index contributed by atoms with van der Waals surface area (Å²) in [4.78, 5) is 23.0. The Hall–Kier alpha value is -2.34. The molecule has 0 atom stereocenters. The molecular weight excluding hydrogens is 264 g/mol. The lowest BCUT2D eigenvalue weighted by molar-refractivity contribution is -0.119. The Morgan fingerprint density at radius 1 is 1.21 bits per heavy atom. The van der Waals surface area contributed by atoms with E-state index < -0.39 is 5.91 Å². The monoisotopic (exact) mass is 276 g/mol. The summed E-state index contributed by atoms with van der Waals surface area (Å²) in [5, 5.41) is 4.60. The van der Waals surface area contributed by atoms with Crippen molar-refractivity contribution < 1.29 is 14.3 Å². The van der Waals surface area contributed by atoms with Gasteiger partial charge >= 0.3 is 0 Å². The van der Waals surface area contributed by atoms with Crippen LogP contribution in [-0.2, 0) is 4.79 Å². The van der Waals surface area contributed by atoms with E-state index in [1.165, 1.54) is 11.3 Å². The molecule has 2 aromatic rings. The van der Waals surface area contributed by atoms with Crippen LogP contribution < -0.4 is 15.8 Å². The number of anilines is 1. The fourth-order valence-electron chi connectivity index (χ4n) is 1.39. The molecule has 1 aromatic carbocycles. The maximum Gasteiger partial charge on any atom is 0.265 e. The number of primary amides is 1. The molecule has 0 spiro atoms. The third-order valence-corrected chi connectivity index (χ3v) is 3.11. The highest BCUT2D eigenvalue weighted by molar-refractivity contribution is 7.12. The lowest BCUT2D eigenvalue weighted by atomic mass is 10.3. The summed E-state index contributed by atoms with van der Waals surface area (Å²) in [6.07, 6.45) is 0. The Morgan fingerprint density at radius 2 is 1.95 bits per heavy atom. The fraction of sp³-hybridized carbons (Fsp3) is 0.0769. The summed E-state index contributed by atoms with van der Waals surface area (Å²) in [5.41, 5.74) is 5.63. The number of amides is 2. The first-order chi connectivity index (χ1) is 9.15. The molecule has 6 heteroatoms. The quantitative estimate of drug-likeness (QED) is 0.874. The number of carbonyl (C=O) groups is 2. The van der Waals surface area contributed by atoms with E-state index in [4.69, 9.17) is 10.5 Å². The lowest BCUT2D eigenvalue weighted by Gasteiger charge is -2.06. The molecule has 2 amide bonds. The molecule has 1 aromatic heterocycles. The molecule has 2 rings (SSSR count). The molecule has 5 nitrogen and oxygen atoms in total. The Labute approximate surface area is 114 Å². The highest BCUT2D eigenvalue weighted by atomic mass is 32.1. The number of rotatable bonds is 5. The zero-order valence-corrected chi connectivity index (χ0v) is 10.8. The molecule has 0 bridgehead atoms. The van der Waals surface area contributed by atoms with Crippen molar-refractivity contribution in [3.05, 3.63) is 46.7 Å². The molecule has 3 N–H and O–H groups in total. The third kappa shape index (κ3) is 3.82. The molecule has 0 radical (unpaired) electrons. The van der Waals surface area contributed by atoms with Crippen LogP contribution in [0.3, 0.4) is 0 Å². The first-order valence-electron chi connectivity index (χ1n) is 5.51. The van der Waals surface area contributed by atoms with Crippen molar-refractivity contribution in [1.82, 2.24) is 0 Å². The minimum Gasteiger partial charge on any atom is -0.484 e. The second kappa shape index (κ2) is 6.01. The van der Waals surface area contributed by atoms with E-state index in [1.807, 2.05) is 11.4 Å². The SMILES string of the molecule is NC(=O)COc1ccc(NC(=O)c2cccs2)cc1. The van der Waals surface area contributed by atoms with Gasteiger partial charge in [0.25, 0.3) is 11.8 Å². The van der Waals surface area contributed by atoms with E-state index in [1.54, 1.807) is 30.3 Å². The van der Waals surface area contributed by atoms with E-state index in [9.17, 15) is 9.59 Å². The van der Waals surface area contributed by atoms with Crippen LogP contribution in [0.1, 0.15) is 9.67 Å². The highest BCUT2D eigenvalue weighted by Gasteiger charge is 2.06. The number of ether oxygens (including phenoxy) is 1. The predicted octanol–water partition coefficient (Wildman–Crippen LogP) is 1.86. The van der Waals surface area contributed by atoms with Crippen molar-refractivity contribution in [3.63, 3.8) is 0 Å². The van der Waals surface area contributed by atoms with E-state index in [-0.39, 0.29) is 12.5 Å². The van der Waals surface area contributed by atoms with Crippen LogP contribution in [0.15, 0.2) is 41.8 Å². The van der Waals surface area contributed by atoms with Gasteiger partial charge in [0.1, 0.15) is 5.75 Å². The summed E-state index contributed by atoms with van der Waals surface area (Å²) < 4.78 is 5.11. The van der Waals surface area contributed by atoms with Crippen LogP contribution in [0.25, 0.3) is 0 Å². The minimum absolute atomic E-state index is 0.152. The van der Waals surface area contributed by atoms with Gasteiger partial charge in [-0.15, -0.1) is 11.3 Å². The molecule has 0 aliphatic carbocycles. The molecule has 1 heterocycles. The maximum atomic E-state index is 11.8. The summed E-state index contributed by atoms with van der Waals surface area (Å²) in [6, 6.07) is 10.3. The number of hydrogen-bond donors (Lipinski definition) is 2. The molecule has 0 aliphatic heterocycles. The van der Waals surface area contributed by atoms with Gasteiger partial charge in [-0.3, -0.25) is 9.59 Å². The summed E-state index contributed by atoms with van der Waals surface area (Å²) in [6.45, 7) is -0.166. The van der Waals surface area contributed by atoms with E-state index in [0.717, 1.165) is 0 Å². The van der Waals surface area contributed by atoms with Crippen LogP contribution in [-0.4, -0.2) is 18.4 Å². The zero-order chi connectivity index (χ0) is 13.7. The molecule has 0 saturated heterocycles. The number of hydrogen-bond acceptors (Lipinski definition) is 4. The number of carbonyl (C=O) groups excluding carboxylic acids is 2. The first kappa shape index (κ1) is 13.1. The van der Waals surface area contributed by atoms with Crippen molar-refractivity contribution >= 4 is 28.8 Å². The van der Waals surface area contributed by atoms with Crippen molar-refractivity contribution in [2.24, 2.45) is 5.73 Å². The minimum atomic E-state index is -0.532. The average molecular weight is 276 g/mol. The summed E-state index contributed by atoms with van der Waals surface area (Å²) in [7, 11) is 0. The molecule has 0 aliphatic rings. The lowest BCUT2D eigenvalue weighted by Crippen LogP contribution is -2.20. The van der Waals surface area contributed by atoms with Crippen LogP contribution in [0.2, 0.25) is 0 Å². The van der Waals surface area contributed by atoms with Crippen LogP contribution in [0, 0.1) is 0 Å². The maximum absolute atomic E-state index is 11.8. The molecule has 0 fully saturated rings. The van der Waals surface area contributed by atoms with Crippen LogP contribution in [0.4, 0.5) is 5.69 Å². The summed E-state index contributed by atoms with van der Waals surface area (Å²) in [5.74, 6) is -0.163. The molecule has 19 heavy (non-hydrogen) atoms. The van der Waals surface area contributed by atoms with Gasteiger partial charge in [-0.1, -0.05) is 6.07 Å². The van der Waals surface area contributed by atoms with Gasteiger partial charge in [0.2, 0.25) is 0 Å². The standard InChI is InChI=1S/C13H12N2O3S/c14-12(16)8-18-10-5-3-9(4-6-10)15-13(17)11-2-1-7-19-11/h1-7H,8H2,(H2,14,16)(H,15,17). The van der Waals surface area contributed by atoms with E-state index in [2.05, 4.69) is 5.32 Å². The van der Waals surface area contributed by atoms with Crippen LogP contribution in [0.5, 0.6) is 5.75 Å². The van der Waals surface area contributed by atoms with Crippen molar-refractivity contribution in [1.29, 1.82) is 0 Å². The van der Waals surface area contributed by atoms with Gasteiger partial charge < -0.3 is 15.8 Å². The van der Waals surface area contributed by atoms with Gasteiger partial charge in [0, 0.05) is 5.69 Å². The average Bonchev–Trinajstić information content (AvgIpc) is 2.92. The zero-order valence-electron chi connectivity index (χ0n) is 9.96. The van der Waals surface area contributed by atoms with Gasteiger partial charge in [0.05, 0.1) is 4.88 Å². The van der Waals surface area contributed by atoms with Gasteiger partial charge in [-0.25, -0.2) is 0 Å². The Kier molecular flexibility index (Phi) is 4.15. The second-order valence-electron chi connectivity index (χ2n) is 3.71. The highest BCUT2D eigenvalue weighted by Crippen LogP contribution is 2.17. The Bertz CT molecular complexity index is 564. The topological polar surface area (TPSA) is 81.4 Å². The number of thiophene rings is 1.